The van der Waals surface area contributed by atoms with E-state index in [1.165, 1.54) is 5.56 Å². The summed E-state index contributed by atoms with van der Waals surface area (Å²) in [5.74, 6) is 0.898. The fourth-order valence-electron chi connectivity index (χ4n) is 1.44. The molecule has 0 aliphatic carbocycles. The highest BCUT2D eigenvalue weighted by Crippen LogP contribution is 2.32. The average molecular weight is 225 g/mol. The van der Waals surface area contributed by atoms with Crippen molar-refractivity contribution >= 4 is 11.8 Å². The molecule has 0 fully saturated rings. The number of hydrogen-bond donors (Lipinski definition) is 1. The highest BCUT2D eigenvalue weighted by atomic mass is 32.2. The standard InChI is InChI=1S/C12H19NOS/c1-9(2)15-12(8-13)10-5-4-6-11(7-10)14-3/h4-7,9,12H,8,13H2,1-3H3. The topological polar surface area (TPSA) is 35.2 Å². The SMILES string of the molecule is COc1cccc(C(CN)SC(C)C)c1. The van der Waals surface area contributed by atoms with Crippen molar-refractivity contribution in [3.05, 3.63) is 29.8 Å². The highest BCUT2D eigenvalue weighted by molar-refractivity contribution is 8.00. The Morgan fingerprint density at radius 1 is 1.40 bits per heavy atom. The van der Waals surface area contributed by atoms with Crippen LogP contribution in [0.3, 0.4) is 0 Å². The molecule has 84 valence electrons. The third kappa shape index (κ3) is 3.76. The summed E-state index contributed by atoms with van der Waals surface area (Å²) >= 11 is 1.89. The Balaban J connectivity index is 2.81. The van der Waals surface area contributed by atoms with Crippen LogP contribution >= 0.6 is 11.8 Å². The van der Waals surface area contributed by atoms with Crippen molar-refractivity contribution in [3.63, 3.8) is 0 Å². The summed E-state index contributed by atoms with van der Waals surface area (Å²) in [5.41, 5.74) is 7.03. The van der Waals surface area contributed by atoms with Gasteiger partial charge in [-0.05, 0) is 22.9 Å². The van der Waals surface area contributed by atoms with Gasteiger partial charge in [0.05, 0.1) is 7.11 Å². The molecule has 15 heavy (non-hydrogen) atoms. The molecular formula is C12H19NOS. The maximum Gasteiger partial charge on any atom is 0.119 e. The zero-order valence-electron chi connectivity index (χ0n) is 9.57. The molecule has 0 radical (unpaired) electrons. The van der Waals surface area contributed by atoms with E-state index >= 15 is 0 Å². The summed E-state index contributed by atoms with van der Waals surface area (Å²) in [5, 5.41) is 0.949. The summed E-state index contributed by atoms with van der Waals surface area (Å²) in [6.45, 7) is 5.04. The zero-order valence-corrected chi connectivity index (χ0v) is 10.4. The van der Waals surface area contributed by atoms with E-state index in [1.54, 1.807) is 7.11 Å². The molecule has 2 nitrogen and oxygen atoms in total. The Kier molecular flexibility index (Phi) is 4.99. The lowest BCUT2D eigenvalue weighted by molar-refractivity contribution is 0.414. The predicted molar refractivity (Wildman–Crippen MR) is 67.5 cm³/mol. The van der Waals surface area contributed by atoms with Crippen LogP contribution in [-0.2, 0) is 0 Å². The number of hydrogen-bond acceptors (Lipinski definition) is 3. The predicted octanol–water partition coefficient (Wildman–Crippen LogP) is 2.84. The van der Waals surface area contributed by atoms with Gasteiger partial charge in [-0.25, -0.2) is 0 Å². The molecule has 0 aliphatic heterocycles. The van der Waals surface area contributed by atoms with Crippen molar-refractivity contribution in [1.82, 2.24) is 0 Å². The molecule has 0 amide bonds. The van der Waals surface area contributed by atoms with Crippen molar-refractivity contribution in [1.29, 1.82) is 0 Å². The molecule has 1 aromatic carbocycles. The Hall–Kier alpha value is -0.670. The third-order valence-electron chi connectivity index (χ3n) is 2.12. The van der Waals surface area contributed by atoms with Gasteiger partial charge in [0.25, 0.3) is 0 Å². The molecule has 0 aliphatic rings. The van der Waals surface area contributed by atoms with E-state index in [9.17, 15) is 0 Å². The minimum absolute atomic E-state index is 0.361. The first-order chi connectivity index (χ1) is 7.17. The fourth-order valence-corrected chi connectivity index (χ4v) is 2.51. The molecule has 1 atom stereocenters. The quantitative estimate of drug-likeness (QED) is 0.837. The molecule has 0 bridgehead atoms. The number of rotatable bonds is 5. The van der Waals surface area contributed by atoms with Gasteiger partial charge >= 0.3 is 0 Å². The van der Waals surface area contributed by atoms with Crippen LogP contribution in [-0.4, -0.2) is 18.9 Å². The molecule has 2 N–H and O–H groups in total. The van der Waals surface area contributed by atoms with Gasteiger partial charge in [-0.2, -0.15) is 0 Å². The molecule has 1 unspecified atom stereocenters. The molecule has 0 saturated carbocycles. The summed E-state index contributed by atoms with van der Waals surface area (Å²) in [4.78, 5) is 0. The number of benzene rings is 1. The van der Waals surface area contributed by atoms with Crippen molar-refractivity contribution in [2.24, 2.45) is 5.73 Å². The largest absolute Gasteiger partial charge is 0.497 e. The third-order valence-corrected chi connectivity index (χ3v) is 3.45. The number of methoxy groups -OCH3 is 1. The Morgan fingerprint density at radius 2 is 2.13 bits per heavy atom. The molecule has 0 spiro atoms. The monoisotopic (exact) mass is 225 g/mol. The summed E-state index contributed by atoms with van der Waals surface area (Å²) in [7, 11) is 1.69. The van der Waals surface area contributed by atoms with Crippen LogP contribution in [0.2, 0.25) is 0 Å². The second-order valence-electron chi connectivity index (χ2n) is 3.69. The first-order valence-corrected chi connectivity index (χ1v) is 6.11. The average Bonchev–Trinajstić information content (AvgIpc) is 2.25. The second-order valence-corrected chi connectivity index (χ2v) is 5.47. The van der Waals surface area contributed by atoms with Crippen molar-refractivity contribution in [2.75, 3.05) is 13.7 Å². The van der Waals surface area contributed by atoms with Crippen LogP contribution in [0.1, 0.15) is 24.7 Å². The molecule has 0 saturated heterocycles. The van der Waals surface area contributed by atoms with Gasteiger partial charge in [0, 0.05) is 11.8 Å². The van der Waals surface area contributed by atoms with E-state index in [0.29, 0.717) is 17.0 Å². The van der Waals surface area contributed by atoms with E-state index in [1.807, 2.05) is 23.9 Å². The lowest BCUT2D eigenvalue weighted by atomic mass is 10.1. The van der Waals surface area contributed by atoms with Crippen molar-refractivity contribution < 1.29 is 4.74 Å². The minimum atomic E-state index is 0.361. The molecule has 0 aromatic heterocycles. The summed E-state index contributed by atoms with van der Waals surface area (Å²) < 4.78 is 5.20. The second kappa shape index (κ2) is 6.03. The normalized spacial score (nSPS) is 12.9. The highest BCUT2D eigenvalue weighted by Gasteiger charge is 2.12. The smallest absolute Gasteiger partial charge is 0.119 e. The number of nitrogens with two attached hydrogens (primary N) is 1. The van der Waals surface area contributed by atoms with Gasteiger partial charge in [0.15, 0.2) is 0 Å². The van der Waals surface area contributed by atoms with Crippen LogP contribution in [0, 0.1) is 0 Å². The van der Waals surface area contributed by atoms with Gasteiger partial charge in [-0.15, -0.1) is 11.8 Å². The van der Waals surface area contributed by atoms with E-state index < -0.39 is 0 Å². The van der Waals surface area contributed by atoms with E-state index in [2.05, 4.69) is 26.0 Å². The maximum absolute atomic E-state index is 5.78. The van der Waals surface area contributed by atoms with Crippen LogP contribution in [0.15, 0.2) is 24.3 Å². The van der Waals surface area contributed by atoms with Gasteiger partial charge in [0.1, 0.15) is 5.75 Å². The van der Waals surface area contributed by atoms with Crippen LogP contribution < -0.4 is 10.5 Å². The first-order valence-electron chi connectivity index (χ1n) is 5.17. The van der Waals surface area contributed by atoms with Crippen LogP contribution in [0.4, 0.5) is 0 Å². The fraction of sp³-hybridized carbons (Fsp3) is 0.500. The Morgan fingerprint density at radius 3 is 2.67 bits per heavy atom. The molecule has 3 heteroatoms. The summed E-state index contributed by atoms with van der Waals surface area (Å²) in [6, 6.07) is 8.14. The number of ether oxygens (including phenoxy) is 1. The Bertz CT molecular complexity index is 301. The minimum Gasteiger partial charge on any atom is -0.497 e. The van der Waals surface area contributed by atoms with Crippen molar-refractivity contribution in [3.8, 4) is 5.75 Å². The zero-order chi connectivity index (χ0) is 11.3. The van der Waals surface area contributed by atoms with Crippen LogP contribution in [0.25, 0.3) is 0 Å². The van der Waals surface area contributed by atoms with E-state index in [4.69, 9.17) is 10.5 Å². The van der Waals surface area contributed by atoms with Gasteiger partial charge in [-0.1, -0.05) is 26.0 Å². The lowest BCUT2D eigenvalue weighted by Crippen LogP contribution is -2.11. The number of thioether (sulfide) groups is 1. The first kappa shape index (κ1) is 12.4. The Labute approximate surface area is 96.2 Å². The van der Waals surface area contributed by atoms with Gasteiger partial charge in [0.2, 0.25) is 0 Å². The van der Waals surface area contributed by atoms with E-state index in [0.717, 1.165) is 5.75 Å². The van der Waals surface area contributed by atoms with Gasteiger partial charge in [-0.3, -0.25) is 0 Å². The molecular weight excluding hydrogens is 206 g/mol. The van der Waals surface area contributed by atoms with Crippen molar-refractivity contribution in [2.45, 2.75) is 24.3 Å². The summed E-state index contributed by atoms with van der Waals surface area (Å²) in [6.07, 6.45) is 0. The van der Waals surface area contributed by atoms with Crippen LogP contribution in [0.5, 0.6) is 5.75 Å². The maximum atomic E-state index is 5.78. The lowest BCUT2D eigenvalue weighted by Gasteiger charge is -2.17. The molecule has 1 aromatic rings. The molecule has 1 rings (SSSR count). The van der Waals surface area contributed by atoms with E-state index in [-0.39, 0.29) is 0 Å². The van der Waals surface area contributed by atoms with Gasteiger partial charge < -0.3 is 10.5 Å². The molecule has 0 heterocycles.